The number of ether oxygens (including phenoxy) is 1. The molecule has 0 heterocycles. The van der Waals surface area contributed by atoms with Crippen molar-refractivity contribution in [2.75, 3.05) is 0 Å². The van der Waals surface area contributed by atoms with Gasteiger partial charge in [0.25, 0.3) is 0 Å². The normalized spacial score (nSPS) is 10.5. The van der Waals surface area contributed by atoms with Crippen LogP contribution in [0, 0.1) is 30.9 Å². The Balaban J connectivity index is 2.43. The topological polar surface area (TPSA) is 59.1 Å². The van der Waals surface area contributed by atoms with Gasteiger partial charge in [0, 0.05) is 10.6 Å². The summed E-state index contributed by atoms with van der Waals surface area (Å²) < 4.78 is 33.1. The number of aryl methyl sites for hydroxylation is 2. The van der Waals surface area contributed by atoms with Crippen molar-refractivity contribution in [2.24, 2.45) is 5.73 Å². The summed E-state index contributed by atoms with van der Waals surface area (Å²) in [5.74, 6) is -2.53. The van der Waals surface area contributed by atoms with Crippen molar-refractivity contribution in [3.8, 4) is 11.5 Å². The van der Waals surface area contributed by atoms with E-state index in [1.807, 2.05) is 0 Å². The highest BCUT2D eigenvalue weighted by molar-refractivity contribution is 6.32. The van der Waals surface area contributed by atoms with E-state index in [-0.39, 0.29) is 11.3 Å². The zero-order chi connectivity index (χ0) is 15.7. The molecule has 110 valence electrons. The molecule has 0 unspecified atom stereocenters. The Kier molecular flexibility index (Phi) is 4.14. The molecule has 0 aliphatic rings. The van der Waals surface area contributed by atoms with Crippen LogP contribution in [0.25, 0.3) is 0 Å². The van der Waals surface area contributed by atoms with Gasteiger partial charge in [-0.15, -0.1) is 0 Å². The monoisotopic (exact) mass is 310 g/mol. The van der Waals surface area contributed by atoms with Crippen molar-refractivity contribution in [3.05, 3.63) is 57.6 Å². The lowest BCUT2D eigenvalue weighted by atomic mass is 10.1. The van der Waals surface area contributed by atoms with Crippen molar-refractivity contribution < 1.29 is 13.5 Å². The van der Waals surface area contributed by atoms with E-state index in [4.69, 9.17) is 27.5 Å². The van der Waals surface area contributed by atoms with Crippen LogP contribution in [-0.4, -0.2) is 5.84 Å². The molecular formula is C15H13ClF2N2O. The van der Waals surface area contributed by atoms with Crippen molar-refractivity contribution in [3.63, 3.8) is 0 Å². The van der Waals surface area contributed by atoms with Crippen LogP contribution in [0.4, 0.5) is 8.78 Å². The third kappa shape index (κ3) is 3.13. The minimum Gasteiger partial charge on any atom is -0.451 e. The van der Waals surface area contributed by atoms with E-state index in [2.05, 4.69) is 0 Å². The average Bonchev–Trinajstić information content (AvgIpc) is 2.39. The van der Waals surface area contributed by atoms with E-state index in [1.165, 1.54) is 0 Å². The van der Waals surface area contributed by atoms with Crippen LogP contribution in [0.3, 0.4) is 0 Å². The summed E-state index contributed by atoms with van der Waals surface area (Å²) in [5, 5.41) is 7.77. The van der Waals surface area contributed by atoms with E-state index in [9.17, 15) is 8.78 Å². The minimum atomic E-state index is -0.926. The molecule has 0 aliphatic carbocycles. The van der Waals surface area contributed by atoms with Gasteiger partial charge in [-0.25, -0.2) is 8.78 Å². The number of nitrogen functional groups attached to an aromatic ring is 1. The first-order valence-corrected chi connectivity index (χ1v) is 6.45. The van der Waals surface area contributed by atoms with Crippen LogP contribution < -0.4 is 10.5 Å². The minimum absolute atomic E-state index is 0.0409. The van der Waals surface area contributed by atoms with Gasteiger partial charge in [0.05, 0.1) is 0 Å². The molecule has 2 aromatic carbocycles. The summed E-state index contributed by atoms with van der Waals surface area (Å²) in [4.78, 5) is 0. The van der Waals surface area contributed by atoms with Crippen molar-refractivity contribution in [2.45, 2.75) is 13.8 Å². The average molecular weight is 311 g/mol. The van der Waals surface area contributed by atoms with E-state index < -0.39 is 23.2 Å². The molecule has 0 bridgehead atoms. The molecule has 0 atom stereocenters. The summed E-state index contributed by atoms with van der Waals surface area (Å²) in [6.07, 6.45) is 0. The van der Waals surface area contributed by atoms with Gasteiger partial charge in [-0.1, -0.05) is 11.6 Å². The highest BCUT2D eigenvalue weighted by Gasteiger charge is 2.15. The molecule has 0 radical (unpaired) electrons. The fourth-order valence-electron chi connectivity index (χ4n) is 1.90. The van der Waals surface area contributed by atoms with Gasteiger partial charge in [0.2, 0.25) is 0 Å². The molecule has 0 fully saturated rings. The quantitative estimate of drug-likeness (QED) is 0.655. The lowest BCUT2D eigenvalue weighted by molar-refractivity contribution is 0.407. The largest absolute Gasteiger partial charge is 0.451 e. The zero-order valence-electron chi connectivity index (χ0n) is 11.4. The van der Waals surface area contributed by atoms with Crippen LogP contribution in [0.5, 0.6) is 11.5 Å². The second-order valence-corrected chi connectivity index (χ2v) is 5.03. The maximum Gasteiger partial charge on any atom is 0.198 e. The first kappa shape index (κ1) is 15.3. The second kappa shape index (κ2) is 5.69. The number of benzene rings is 2. The maximum absolute atomic E-state index is 13.9. The highest BCUT2D eigenvalue weighted by atomic mass is 35.5. The van der Waals surface area contributed by atoms with Crippen LogP contribution in [0.2, 0.25) is 5.02 Å². The first-order valence-electron chi connectivity index (χ1n) is 6.07. The lowest BCUT2D eigenvalue weighted by Gasteiger charge is -2.12. The van der Waals surface area contributed by atoms with E-state index >= 15 is 0 Å². The van der Waals surface area contributed by atoms with Crippen LogP contribution >= 0.6 is 11.6 Å². The van der Waals surface area contributed by atoms with Gasteiger partial charge in [0.15, 0.2) is 17.4 Å². The third-order valence-electron chi connectivity index (χ3n) is 2.94. The maximum atomic E-state index is 13.9. The van der Waals surface area contributed by atoms with Crippen molar-refractivity contribution >= 4 is 17.4 Å². The van der Waals surface area contributed by atoms with Crippen molar-refractivity contribution in [1.29, 1.82) is 5.41 Å². The molecule has 3 N–H and O–H groups in total. The Bertz CT molecular complexity index is 686. The van der Waals surface area contributed by atoms with Gasteiger partial charge in [-0.2, -0.15) is 0 Å². The fraction of sp³-hybridized carbons (Fsp3) is 0.133. The van der Waals surface area contributed by atoms with Gasteiger partial charge in [-0.3, -0.25) is 5.41 Å². The number of rotatable bonds is 3. The molecule has 0 saturated carbocycles. The Hall–Kier alpha value is -2.14. The standard InChI is InChI=1S/C15H13ClF2N2O/c1-7-3-10(4-8(2)13(7)16)21-14-11(17)5-9(15(19)20)6-12(14)18/h3-6H,1-2H3,(H3,19,20). The van der Waals surface area contributed by atoms with Crippen LogP contribution in [0.1, 0.15) is 16.7 Å². The smallest absolute Gasteiger partial charge is 0.198 e. The van der Waals surface area contributed by atoms with Gasteiger partial charge in [0.1, 0.15) is 11.6 Å². The molecule has 0 saturated heterocycles. The zero-order valence-corrected chi connectivity index (χ0v) is 12.2. The third-order valence-corrected chi connectivity index (χ3v) is 3.54. The number of hydrogen-bond donors (Lipinski definition) is 2. The molecule has 2 aromatic rings. The number of hydrogen-bond acceptors (Lipinski definition) is 2. The number of nitrogens with two attached hydrogens (primary N) is 1. The summed E-state index contributed by atoms with van der Waals surface area (Å²) in [5.41, 5.74) is 6.65. The predicted molar refractivity (Wildman–Crippen MR) is 78.4 cm³/mol. The Labute approximate surface area is 125 Å². The van der Waals surface area contributed by atoms with Crippen LogP contribution in [-0.2, 0) is 0 Å². The number of amidine groups is 1. The molecule has 0 aliphatic heterocycles. The number of halogens is 3. The molecule has 6 heteroatoms. The molecule has 3 nitrogen and oxygen atoms in total. The Morgan fingerprint density at radius 1 is 1.10 bits per heavy atom. The molecule has 21 heavy (non-hydrogen) atoms. The van der Waals surface area contributed by atoms with E-state index in [0.717, 1.165) is 23.3 Å². The predicted octanol–water partition coefficient (Wildman–Crippen LogP) is 4.31. The van der Waals surface area contributed by atoms with E-state index in [1.54, 1.807) is 26.0 Å². The Morgan fingerprint density at radius 2 is 1.57 bits per heavy atom. The Morgan fingerprint density at radius 3 is 2.00 bits per heavy atom. The first-order chi connectivity index (χ1) is 9.79. The van der Waals surface area contributed by atoms with Gasteiger partial charge in [-0.05, 0) is 49.2 Å². The summed E-state index contributed by atoms with van der Waals surface area (Å²) in [6.45, 7) is 3.54. The molecule has 0 amide bonds. The fourth-order valence-corrected chi connectivity index (χ4v) is 2.00. The van der Waals surface area contributed by atoms with E-state index in [0.29, 0.717) is 5.02 Å². The summed E-state index contributed by atoms with van der Waals surface area (Å²) in [6, 6.07) is 5.09. The van der Waals surface area contributed by atoms with Gasteiger partial charge < -0.3 is 10.5 Å². The number of nitrogens with one attached hydrogen (secondary N) is 1. The van der Waals surface area contributed by atoms with Crippen LogP contribution in [0.15, 0.2) is 24.3 Å². The van der Waals surface area contributed by atoms with Crippen molar-refractivity contribution in [1.82, 2.24) is 0 Å². The molecule has 0 aromatic heterocycles. The molecule has 0 spiro atoms. The second-order valence-electron chi connectivity index (χ2n) is 4.66. The molecular weight excluding hydrogens is 298 g/mol. The lowest BCUT2D eigenvalue weighted by Crippen LogP contribution is -2.12. The van der Waals surface area contributed by atoms with Gasteiger partial charge >= 0.3 is 0 Å². The SMILES string of the molecule is Cc1cc(Oc2c(F)cc(C(=N)N)cc2F)cc(C)c1Cl. The highest BCUT2D eigenvalue weighted by Crippen LogP contribution is 2.32. The summed E-state index contributed by atoms with van der Waals surface area (Å²) in [7, 11) is 0. The molecule has 2 rings (SSSR count). The summed E-state index contributed by atoms with van der Waals surface area (Å²) >= 11 is 6.03.